The highest BCUT2D eigenvalue weighted by molar-refractivity contribution is 5.95. The number of nitrogens with two attached hydrogens (primary N) is 1. The number of hydroxylamine groups is 2. The van der Waals surface area contributed by atoms with Crippen molar-refractivity contribution >= 4 is 17.8 Å². The fourth-order valence-corrected chi connectivity index (χ4v) is 1.62. The number of carbonyl (C=O) groups is 3. The third kappa shape index (κ3) is 6.75. The smallest absolute Gasteiger partial charge is 0.363 e. The van der Waals surface area contributed by atoms with Gasteiger partial charge in [-0.2, -0.15) is 5.06 Å². The summed E-state index contributed by atoms with van der Waals surface area (Å²) in [6, 6.07) is 8.30. The number of hydrogen-bond acceptors (Lipinski definition) is 6. The van der Waals surface area contributed by atoms with Crippen molar-refractivity contribution in [2.45, 2.75) is 12.8 Å². The summed E-state index contributed by atoms with van der Waals surface area (Å²) >= 11 is 0. The number of esters is 1. The fraction of sp³-hybridized carbons (Fsp3) is 0.312. The first-order valence-corrected chi connectivity index (χ1v) is 7.13. The number of benzene rings is 1. The van der Waals surface area contributed by atoms with Crippen LogP contribution in [0.2, 0.25) is 0 Å². The predicted molar refractivity (Wildman–Crippen MR) is 83.0 cm³/mol. The molecule has 0 bridgehead atoms. The standard InChI is InChI=1S/C16H20N2O5/c1-22-15(20)10-9-14(19)18(12-6-5-11-17)23-16(21)13-7-3-2-4-8-13/h2-4,7-10H,5-6,11-12,17H2,1H3/b10-9+. The molecule has 1 aromatic carbocycles. The van der Waals surface area contributed by atoms with Gasteiger partial charge in [-0.1, -0.05) is 18.2 Å². The van der Waals surface area contributed by atoms with Crippen LogP contribution in [0.15, 0.2) is 42.5 Å². The lowest BCUT2D eigenvalue weighted by Gasteiger charge is -2.19. The normalized spacial score (nSPS) is 10.3. The maximum atomic E-state index is 12.0. The first-order chi connectivity index (χ1) is 11.1. The highest BCUT2D eigenvalue weighted by atomic mass is 16.7. The minimum absolute atomic E-state index is 0.181. The van der Waals surface area contributed by atoms with E-state index in [-0.39, 0.29) is 6.54 Å². The molecule has 0 atom stereocenters. The van der Waals surface area contributed by atoms with Gasteiger partial charge in [0.2, 0.25) is 0 Å². The van der Waals surface area contributed by atoms with E-state index in [9.17, 15) is 14.4 Å². The summed E-state index contributed by atoms with van der Waals surface area (Å²) in [6.45, 7) is 0.646. The van der Waals surface area contributed by atoms with Gasteiger partial charge < -0.3 is 15.3 Å². The molecule has 7 heteroatoms. The Bertz CT molecular complexity index is 557. The second-order valence-corrected chi connectivity index (χ2v) is 4.54. The Morgan fingerprint density at radius 2 is 1.83 bits per heavy atom. The first kappa shape index (κ1) is 18.4. The maximum absolute atomic E-state index is 12.0. The monoisotopic (exact) mass is 320 g/mol. The van der Waals surface area contributed by atoms with E-state index in [1.54, 1.807) is 30.3 Å². The zero-order valence-corrected chi connectivity index (χ0v) is 12.9. The second-order valence-electron chi connectivity index (χ2n) is 4.54. The topological polar surface area (TPSA) is 98.9 Å². The molecule has 1 aromatic rings. The number of amides is 1. The number of methoxy groups -OCH3 is 1. The van der Waals surface area contributed by atoms with Crippen LogP contribution in [0, 0.1) is 0 Å². The van der Waals surface area contributed by atoms with Crippen LogP contribution in [-0.2, 0) is 19.2 Å². The first-order valence-electron chi connectivity index (χ1n) is 7.13. The molecule has 0 unspecified atom stereocenters. The van der Waals surface area contributed by atoms with Crippen molar-refractivity contribution in [3.63, 3.8) is 0 Å². The van der Waals surface area contributed by atoms with E-state index in [4.69, 9.17) is 10.6 Å². The van der Waals surface area contributed by atoms with Crippen molar-refractivity contribution in [1.82, 2.24) is 5.06 Å². The summed E-state index contributed by atoms with van der Waals surface area (Å²) in [7, 11) is 1.20. The molecule has 0 radical (unpaired) electrons. The number of nitrogens with zero attached hydrogens (tertiary/aromatic N) is 1. The lowest BCUT2D eigenvalue weighted by atomic mass is 10.2. The molecule has 0 saturated heterocycles. The molecule has 0 fully saturated rings. The van der Waals surface area contributed by atoms with Crippen molar-refractivity contribution in [2.24, 2.45) is 5.73 Å². The maximum Gasteiger partial charge on any atom is 0.363 e. The number of unbranched alkanes of at least 4 members (excludes halogenated alkanes) is 1. The van der Waals surface area contributed by atoms with E-state index in [1.165, 1.54) is 7.11 Å². The van der Waals surface area contributed by atoms with E-state index in [0.29, 0.717) is 24.9 Å². The molecule has 23 heavy (non-hydrogen) atoms. The summed E-state index contributed by atoms with van der Waals surface area (Å²) < 4.78 is 4.41. The summed E-state index contributed by atoms with van der Waals surface area (Å²) in [4.78, 5) is 40.2. The average molecular weight is 320 g/mol. The van der Waals surface area contributed by atoms with Gasteiger partial charge in [0, 0.05) is 12.2 Å². The van der Waals surface area contributed by atoms with Gasteiger partial charge in [-0.05, 0) is 31.5 Å². The van der Waals surface area contributed by atoms with Gasteiger partial charge in [-0.25, -0.2) is 9.59 Å². The third-order valence-electron chi connectivity index (χ3n) is 2.83. The predicted octanol–water partition coefficient (Wildman–Crippen LogP) is 1.06. The highest BCUT2D eigenvalue weighted by Crippen LogP contribution is 2.06. The van der Waals surface area contributed by atoms with Crippen LogP contribution in [0.5, 0.6) is 0 Å². The van der Waals surface area contributed by atoms with Crippen molar-refractivity contribution in [3.05, 3.63) is 48.0 Å². The quantitative estimate of drug-likeness (QED) is 0.349. The molecule has 0 aliphatic heterocycles. The molecular formula is C16H20N2O5. The Labute approximate surface area is 134 Å². The largest absolute Gasteiger partial charge is 0.466 e. The van der Waals surface area contributed by atoms with Crippen LogP contribution in [0.4, 0.5) is 0 Å². The Kier molecular flexibility index (Phi) is 8.09. The summed E-state index contributed by atoms with van der Waals surface area (Å²) in [6.07, 6.45) is 3.20. The van der Waals surface area contributed by atoms with Crippen LogP contribution in [0.3, 0.4) is 0 Å². The highest BCUT2D eigenvalue weighted by Gasteiger charge is 2.17. The molecule has 7 nitrogen and oxygen atoms in total. The summed E-state index contributed by atoms with van der Waals surface area (Å²) in [5.74, 6) is -1.95. The molecule has 0 spiro atoms. The Balaban J connectivity index is 2.75. The Morgan fingerprint density at radius 3 is 2.43 bits per heavy atom. The van der Waals surface area contributed by atoms with Gasteiger partial charge in [0.25, 0.3) is 5.91 Å². The van der Waals surface area contributed by atoms with Crippen LogP contribution >= 0.6 is 0 Å². The van der Waals surface area contributed by atoms with Crippen LogP contribution < -0.4 is 5.73 Å². The van der Waals surface area contributed by atoms with Crippen LogP contribution in [0.1, 0.15) is 23.2 Å². The minimum atomic E-state index is -0.672. The summed E-state index contributed by atoms with van der Waals surface area (Å²) in [5, 5.41) is 0.907. The SMILES string of the molecule is COC(=O)/C=C/C(=O)N(CCCCN)OC(=O)c1ccccc1. The molecule has 0 saturated carbocycles. The van der Waals surface area contributed by atoms with Crippen molar-refractivity contribution in [2.75, 3.05) is 20.2 Å². The molecule has 124 valence electrons. The molecule has 2 N–H and O–H groups in total. The van der Waals surface area contributed by atoms with E-state index >= 15 is 0 Å². The number of carbonyl (C=O) groups excluding carboxylic acids is 3. The molecule has 0 aliphatic carbocycles. The number of ether oxygens (including phenoxy) is 1. The molecule has 1 rings (SSSR count). The van der Waals surface area contributed by atoms with E-state index in [0.717, 1.165) is 17.2 Å². The van der Waals surface area contributed by atoms with Gasteiger partial charge in [0.15, 0.2) is 0 Å². The van der Waals surface area contributed by atoms with E-state index in [1.807, 2.05) is 0 Å². The van der Waals surface area contributed by atoms with Gasteiger partial charge in [-0.15, -0.1) is 0 Å². The van der Waals surface area contributed by atoms with Gasteiger partial charge >= 0.3 is 11.9 Å². The van der Waals surface area contributed by atoms with E-state index < -0.39 is 17.8 Å². The molecule has 0 aromatic heterocycles. The molecular weight excluding hydrogens is 300 g/mol. The zero-order chi connectivity index (χ0) is 17.1. The summed E-state index contributed by atoms with van der Waals surface area (Å²) in [5.41, 5.74) is 5.73. The van der Waals surface area contributed by atoms with Crippen molar-refractivity contribution < 1.29 is 24.0 Å². The fourth-order valence-electron chi connectivity index (χ4n) is 1.62. The van der Waals surface area contributed by atoms with Crippen LogP contribution in [-0.4, -0.2) is 43.1 Å². The second kappa shape index (κ2) is 10.1. The Morgan fingerprint density at radius 1 is 1.13 bits per heavy atom. The lowest BCUT2D eigenvalue weighted by molar-refractivity contribution is -0.162. The lowest BCUT2D eigenvalue weighted by Crippen LogP contribution is -2.33. The third-order valence-corrected chi connectivity index (χ3v) is 2.83. The van der Waals surface area contributed by atoms with Gasteiger partial charge in [-0.3, -0.25) is 4.79 Å². The van der Waals surface area contributed by atoms with E-state index in [2.05, 4.69) is 4.74 Å². The molecule has 0 aliphatic rings. The molecule has 1 amide bonds. The minimum Gasteiger partial charge on any atom is -0.466 e. The van der Waals surface area contributed by atoms with Gasteiger partial charge in [0.05, 0.1) is 19.2 Å². The van der Waals surface area contributed by atoms with Gasteiger partial charge in [0.1, 0.15) is 0 Å². The van der Waals surface area contributed by atoms with Crippen molar-refractivity contribution in [1.29, 1.82) is 0 Å². The van der Waals surface area contributed by atoms with Crippen molar-refractivity contribution in [3.8, 4) is 0 Å². The number of rotatable bonds is 7. The van der Waals surface area contributed by atoms with Crippen LogP contribution in [0.25, 0.3) is 0 Å². The number of hydrogen-bond donors (Lipinski definition) is 1. The average Bonchev–Trinajstić information content (AvgIpc) is 2.59. The Hall–Kier alpha value is -2.67. The molecule has 0 heterocycles. The zero-order valence-electron chi connectivity index (χ0n) is 12.9.